The number of nitrogens with zero attached hydrogens (tertiary/aromatic N) is 2. The molecule has 0 saturated carbocycles. The number of para-hydroxylation sites is 1. The smallest absolute Gasteiger partial charge is 0.387 e. The number of rotatable bonds is 10. The highest BCUT2D eigenvalue weighted by atomic mass is 19.3. The van der Waals surface area contributed by atoms with Gasteiger partial charge in [0.15, 0.2) is 5.96 Å². The van der Waals surface area contributed by atoms with Crippen LogP contribution in [0, 0.1) is 0 Å². The summed E-state index contributed by atoms with van der Waals surface area (Å²) in [5.41, 5.74) is 0.624. The number of ether oxygens (including phenoxy) is 1. The number of guanidine groups is 1. The highest BCUT2D eigenvalue weighted by molar-refractivity contribution is 5.79. The van der Waals surface area contributed by atoms with Gasteiger partial charge in [0.2, 0.25) is 0 Å². The SMILES string of the molecule is CCNC(=NCc1ccccc1OC(F)F)NCCN(CC)CC. The largest absolute Gasteiger partial charge is 0.434 e. The van der Waals surface area contributed by atoms with Crippen molar-refractivity contribution < 1.29 is 13.5 Å². The van der Waals surface area contributed by atoms with Crippen LogP contribution in [0.5, 0.6) is 5.75 Å². The second-order valence-corrected chi connectivity index (χ2v) is 5.14. The van der Waals surface area contributed by atoms with Gasteiger partial charge in [-0.1, -0.05) is 32.0 Å². The van der Waals surface area contributed by atoms with E-state index in [1.165, 1.54) is 6.07 Å². The van der Waals surface area contributed by atoms with Gasteiger partial charge in [-0.25, -0.2) is 4.99 Å². The van der Waals surface area contributed by atoms with Gasteiger partial charge in [0, 0.05) is 25.2 Å². The molecule has 7 heteroatoms. The van der Waals surface area contributed by atoms with Gasteiger partial charge in [0.1, 0.15) is 5.75 Å². The second-order valence-electron chi connectivity index (χ2n) is 5.14. The Balaban J connectivity index is 2.65. The lowest BCUT2D eigenvalue weighted by molar-refractivity contribution is -0.0504. The zero-order valence-electron chi connectivity index (χ0n) is 14.7. The minimum Gasteiger partial charge on any atom is -0.434 e. The Morgan fingerprint density at radius 1 is 1.17 bits per heavy atom. The topological polar surface area (TPSA) is 48.9 Å². The minimum atomic E-state index is -2.84. The third-order valence-corrected chi connectivity index (χ3v) is 3.56. The summed E-state index contributed by atoms with van der Waals surface area (Å²) in [7, 11) is 0. The fourth-order valence-electron chi connectivity index (χ4n) is 2.22. The van der Waals surface area contributed by atoms with Crippen LogP contribution in [0.2, 0.25) is 0 Å². The van der Waals surface area contributed by atoms with E-state index in [0.29, 0.717) is 11.5 Å². The van der Waals surface area contributed by atoms with Crippen molar-refractivity contribution in [3.05, 3.63) is 29.8 Å². The number of nitrogens with one attached hydrogen (secondary N) is 2. The van der Waals surface area contributed by atoms with Gasteiger partial charge < -0.3 is 20.3 Å². The van der Waals surface area contributed by atoms with Crippen LogP contribution in [0.1, 0.15) is 26.3 Å². The van der Waals surface area contributed by atoms with Crippen LogP contribution < -0.4 is 15.4 Å². The van der Waals surface area contributed by atoms with Crippen molar-refractivity contribution >= 4 is 5.96 Å². The van der Waals surface area contributed by atoms with Gasteiger partial charge in [-0.3, -0.25) is 0 Å². The van der Waals surface area contributed by atoms with E-state index in [1.54, 1.807) is 18.2 Å². The van der Waals surface area contributed by atoms with Crippen molar-refractivity contribution in [3.8, 4) is 5.75 Å². The maximum Gasteiger partial charge on any atom is 0.387 e. The maximum absolute atomic E-state index is 12.4. The Kier molecular flexibility index (Phi) is 9.76. The van der Waals surface area contributed by atoms with Gasteiger partial charge in [0.05, 0.1) is 6.54 Å². The molecule has 0 aliphatic rings. The lowest BCUT2D eigenvalue weighted by Gasteiger charge is -2.19. The molecule has 5 nitrogen and oxygen atoms in total. The molecule has 0 aliphatic heterocycles. The van der Waals surface area contributed by atoms with E-state index in [1.807, 2.05) is 6.92 Å². The minimum absolute atomic E-state index is 0.162. The van der Waals surface area contributed by atoms with Crippen molar-refractivity contribution in [2.45, 2.75) is 33.9 Å². The van der Waals surface area contributed by atoms with Crippen molar-refractivity contribution in [1.29, 1.82) is 0 Å². The molecular formula is C17H28F2N4O. The monoisotopic (exact) mass is 342 g/mol. The molecule has 1 aromatic carbocycles. The number of likely N-dealkylation sites (N-methyl/N-ethyl adjacent to an activating group) is 1. The molecule has 24 heavy (non-hydrogen) atoms. The molecule has 0 saturated heterocycles. The van der Waals surface area contributed by atoms with E-state index < -0.39 is 6.61 Å². The molecule has 0 bridgehead atoms. The van der Waals surface area contributed by atoms with Crippen molar-refractivity contribution in [2.24, 2.45) is 4.99 Å². The van der Waals surface area contributed by atoms with Crippen LogP contribution in [0.25, 0.3) is 0 Å². The summed E-state index contributed by atoms with van der Waals surface area (Å²) in [5.74, 6) is 0.826. The van der Waals surface area contributed by atoms with E-state index in [4.69, 9.17) is 0 Å². The Hall–Kier alpha value is -1.89. The van der Waals surface area contributed by atoms with E-state index in [9.17, 15) is 8.78 Å². The first kappa shape index (κ1) is 20.2. The summed E-state index contributed by atoms with van der Waals surface area (Å²) >= 11 is 0. The molecule has 136 valence electrons. The van der Waals surface area contributed by atoms with E-state index >= 15 is 0 Å². The lowest BCUT2D eigenvalue weighted by Crippen LogP contribution is -2.41. The van der Waals surface area contributed by atoms with Crippen LogP contribution in [-0.4, -0.2) is 50.2 Å². The molecule has 0 aromatic heterocycles. The molecule has 0 fully saturated rings. The number of benzene rings is 1. The molecule has 1 aromatic rings. The molecular weight excluding hydrogens is 314 g/mol. The normalized spacial score (nSPS) is 11.9. The Morgan fingerprint density at radius 3 is 2.50 bits per heavy atom. The molecule has 2 N–H and O–H groups in total. The summed E-state index contributed by atoms with van der Waals surface area (Å²) < 4.78 is 29.4. The van der Waals surface area contributed by atoms with Gasteiger partial charge in [-0.05, 0) is 26.1 Å². The number of halogens is 2. The maximum atomic E-state index is 12.4. The third-order valence-electron chi connectivity index (χ3n) is 3.56. The first-order valence-corrected chi connectivity index (χ1v) is 8.37. The van der Waals surface area contributed by atoms with Crippen LogP contribution >= 0.6 is 0 Å². The fourth-order valence-corrected chi connectivity index (χ4v) is 2.22. The molecule has 0 spiro atoms. The summed E-state index contributed by atoms with van der Waals surface area (Å²) in [6.07, 6.45) is 0. The summed E-state index contributed by atoms with van der Waals surface area (Å²) in [5, 5.41) is 6.41. The lowest BCUT2D eigenvalue weighted by atomic mass is 10.2. The standard InChI is InChI=1S/C17H28F2N4O/c1-4-20-17(21-11-12-23(5-2)6-3)22-13-14-9-7-8-10-15(14)24-16(18)19/h7-10,16H,4-6,11-13H2,1-3H3,(H2,20,21,22). The number of hydrogen-bond acceptors (Lipinski definition) is 3. The Bertz CT molecular complexity index is 493. The first-order valence-electron chi connectivity index (χ1n) is 8.37. The predicted molar refractivity (Wildman–Crippen MR) is 93.7 cm³/mol. The average molecular weight is 342 g/mol. The molecule has 0 heterocycles. The number of hydrogen-bond donors (Lipinski definition) is 2. The van der Waals surface area contributed by atoms with Gasteiger partial charge in [-0.2, -0.15) is 8.78 Å². The first-order chi connectivity index (χ1) is 11.6. The van der Waals surface area contributed by atoms with Crippen LogP contribution in [0.3, 0.4) is 0 Å². The number of alkyl halides is 2. The quantitative estimate of drug-likeness (QED) is 0.507. The zero-order valence-corrected chi connectivity index (χ0v) is 14.7. The van der Waals surface area contributed by atoms with Gasteiger partial charge in [-0.15, -0.1) is 0 Å². The predicted octanol–water partition coefficient (Wildman–Crippen LogP) is 2.68. The highest BCUT2D eigenvalue weighted by Gasteiger charge is 2.09. The van der Waals surface area contributed by atoms with Crippen LogP contribution in [0.4, 0.5) is 8.78 Å². The third kappa shape index (κ3) is 7.59. The van der Waals surface area contributed by atoms with E-state index in [-0.39, 0.29) is 12.3 Å². The van der Waals surface area contributed by atoms with Gasteiger partial charge in [0.25, 0.3) is 0 Å². The molecule has 0 unspecified atom stereocenters. The van der Waals surface area contributed by atoms with Crippen LogP contribution in [-0.2, 0) is 6.54 Å². The fraction of sp³-hybridized carbons (Fsp3) is 0.588. The Labute approximate surface area is 143 Å². The average Bonchev–Trinajstić information content (AvgIpc) is 2.57. The zero-order chi connectivity index (χ0) is 17.8. The molecule has 1 rings (SSSR count). The van der Waals surface area contributed by atoms with Crippen molar-refractivity contribution in [2.75, 3.05) is 32.7 Å². The summed E-state index contributed by atoms with van der Waals surface area (Å²) in [6, 6.07) is 6.71. The van der Waals surface area contributed by atoms with Crippen molar-refractivity contribution in [1.82, 2.24) is 15.5 Å². The van der Waals surface area contributed by atoms with Crippen molar-refractivity contribution in [3.63, 3.8) is 0 Å². The molecule has 0 aliphatic carbocycles. The van der Waals surface area contributed by atoms with Crippen LogP contribution in [0.15, 0.2) is 29.3 Å². The Morgan fingerprint density at radius 2 is 1.88 bits per heavy atom. The molecule has 0 atom stereocenters. The molecule has 0 amide bonds. The second kappa shape index (κ2) is 11.6. The van der Waals surface area contributed by atoms with E-state index in [0.717, 1.165) is 32.7 Å². The molecule has 0 radical (unpaired) electrons. The number of aliphatic imine (C=N–C) groups is 1. The van der Waals surface area contributed by atoms with E-state index in [2.05, 4.69) is 39.1 Å². The summed E-state index contributed by atoms with van der Waals surface area (Å²) in [4.78, 5) is 6.76. The highest BCUT2D eigenvalue weighted by Crippen LogP contribution is 2.20. The summed E-state index contributed by atoms with van der Waals surface area (Å²) in [6.45, 7) is 8.09. The van der Waals surface area contributed by atoms with Gasteiger partial charge >= 0.3 is 6.61 Å².